The van der Waals surface area contributed by atoms with Crippen LogP contribution in [-0.2, 0) is 19.9 Å². The van der Waals surface area contributed by atoms with Crippen molar-refractivity contribution in [3.63, 3.8) is 0 Å². The van der Waals surface area contributed by atoms with Gasteiger partial charge in [-0.1, -0.05) is 0 Å². The van der Waals surface area contributed by atoms with Crippen molar-refractivity contribution >= 4 is 0 Å². The Bertz CT molecular complexity index is 288. The highest BCUT2D eigenvalue weighted by atomic mass is 15.3. The van der Waals surface area contributed by atoms with Crippen LogP contribution < -0.4 is 5.32 Å². The Morgan fingerprint density at radius 3 is 2.92 bits per heavy atom. The number of hydrogen-bond donors (Lipinski definition) is 1. The fourth-order valence-electron chi connectivity index (χ4n) is 1.79. The topological polar surface area (TPSA) is 29.9 Å². The van der Waals surface area contributed by atoms with Crippen molar-refractivity contribution < 1.29 is 0 Å². The van der Waals surface area contributed by atoms with E-state index < -0.39 is 0 Å². The van der Waals surface area contributed by atoms with Crippen LogP contribution in [-0.4, -0.2) is 22.9 Å². The molecular formula is C9H15N3. The van der Waals surface area contributed by atoms with E-state index >= 15 is 0 Å². The average molecular weight is 165 g/mol. The summed E-state index contributed by atoms with van der Waals surface area (Å²) >= 11 is 0. The van der Waals surface area contributed by atoms with Crippen LogP contribution in [0, 0.1) is 6.92 Å². The molecule has 1 N–H and O–H groups in total. The molecule has 66 valence electrons. The fourth-order valence-corrected chi connectivity index (χ4v) is 1.79. The molecule has 0 saturated carbocycles. The van der Waals surface area contributed by atoms with E-state index in [4.69, 9.17) is 0 Å². The first-order chi connectivity index (χ1) is 5.79. The zero-order valence-corrected chi connectivity index (χ0v) is 7.72. The van der Waals surface area contributed by atoms with Crippen LogP contribution in [0.4, 0.5) is 0 Å². The summed E-state index contributed by atoms with van der Waals surface area (Å²) in [5, 5.41) is 7.87. The molecule has 0 radical (unpaired) electrons. The predicted molar refractivity (Wildman–Crippen MR) is 48.2 cm³/mol. The normalized spacial score (nSPS) is 17.2. The molecule has 3 heteroatoms. The number of nitrogens with one attached hydrogen (secondary N) is 1. The van der Waals surface area contributed by atoms with Gasteiger partial charge in [0.2, 0.25) is 0 Å². The number of rotatable bonds is 0. The van der Waals surface area contributed by atoms with Gasteiger partial charge in [0.1, 0.15) is 0 Å². The van der Waals surface area contributed by atoms with Gasteiger partial charge in [-0.25, -0.2) is 0 Å². The number of nitrogens with zero attached hydrogens (tertiary/aromatic N) is 2. The molecule has 3 nitrogen and oxygen atoms in total. The summed E-state index contributed by atoms with van der Waals surface area (Å²) < 4.78 is 2.00. The minimum absolute atomic E-state index is 1.07. The smallest absolute Gasteiger partial charge is 0.0672 e. The Hall–Kier alpha value is -0.830. The lowest BCUT2D eigenvalue weighted by molar-refractivity contribution is 0.671. The van der Waals surface area contributed by atoms with E-state index in [2.05, 4.69) is 17.3 Å². The summed E-state index contributed by atoms with van der Waals surface area (Å²) in [5.41, 5.74) is 4.08. The van der Waals surface area contributed by atoms with E-state index in [1.54, 1.807) is 0 Å². The van der Waals surface area contributed by atoms with Crippen LogP contribution in [0.1, 0.15) is 17.0 Å². The second-order valence-electron chi connectivity index (χ2n) is 3.38. The van der Waals surface area contributed by atoms with Crippen LogP contribution in [0.5, 0.6) is 0 Å². The number of aromatic nitrogens is 2. The molecule has 1 aliphatic rings. The molecule has 0 fully saturated rings. The van der Waals surface area contributed by atoms with Crippen molar-refractivity contribution in [3.8, 4) is 0 Å². The van der Waals surface area contributed by atoms with Gasteiger partial charge < -0.3 is 5.32 Å². The number of aryl methyl sites for hydroxylation is 1. The summed E-state index contributed by atoms with van der Waals surface area (Å²) in [5.74, 6) is 0. The third kappa shape index (κ3) is 1.14. The van der Waals surface area contributed by atoms with Crippen molar-refractivity contribution in [2.75, 3.05) is 13.1 Å². The summed E-state index contributed by atoms with van der Waals surface area (Å²) in [6.45, 7) is 4.32. The highest BCUT2D eigenvalue weighted by Crippen LogP contribution is 2.15. The first-order valence-electron chi connectivity index (χ1n) is 4.51. The van der Waals surface area contributed by atoms with Crippen LogP contribution >= 0.6 is 0 Å². The Balaban J connectivity index is 2.42. The van der Waals surface area contributed by atoms with Gasteiger partial charge in [0, 0.05) is 25.7 Å². The molecule has 0 spiro atoms. The molecule has 2 heterocycles. The largest absolute Gasteiger partial charge is 0.316 e. The summed E-state index contributed by atoms with van der Waals surface area (Å²) in [6, 6.07) is 0. The molecule has 0 saturated heterocycles. The lowest BCUT2D eigenvalue weighted by Gasteiger charge is -1.98. The molecule has 1 aliphatic heterocycles. The predicted octanol–water partition coefficient (Wildman–Crippen LogP) is 0.417. The maximum atomic E-state index is 4.49. The van der Waals surface area contributed by atoms with E-state index in [9.17, 15) is 0 Å². The van der Waals surface area contributed by atoms with Gasteiger partial charge in [0.15, 0.2) is 0 Å². The molecule has 0 atom stereocenters. The number of fused-ring (bicyclic) bond motifs is 1. The minimum atomic E-state index is 1.07. The van der Waals surface area contributed by atoms with Gasteiger partial charge in [-0.3, -0.25) is 4.68 Å². The third-order valence-corrected chi connectivity index (χ3v) is 2.63. The van der Waals surface area contributed by atoms with E-state index in [0.717, 1.165) is 25.9 Å². The monoisotopic (exact) mass is 165 g/mol. The van der Waals surface area contributed by atoms with E-state index in [-0.39, 0.29) is 0 Å². The lowest BCUT2D eigenvalue weighted by atomic mass is 10.1. The zero-order chi connectivity index (χ0) is 8.55. The van der Waals surface area contributed by atoms with Gasteiger partial charge >= 0.3 is 0 Å². The maximum absolute atomic E-state index is 4.49. The quantitative estimate of drug-likeness (QED) is 0.603. The zero-order valence-electron chi connectivity index (χ0n) is 7.72. The van der Waals surface area contributed by atoms with Crippen LogP contribution in [0.2, 0.25) is 0 Å². The molecule has 0 amide bonds. The van der Waals surface area contributed by atoms with Crippen molar-refractivity contribution in [3.05, 3.63) is 17.0 Å². The molecular weight excluding hydrogens is 150 g/mol. The van der Waals surface area contributed by atoms with Gasteiger partial charge in [0.05, 0.1) is 5.69 Å². The fraction of sp³-hybridized carbons (Fsp3) is 0.667. The van der Waals surface area contributed by atoms with E-state index in [0.29, 0.717) is 0 Å². The summed E-state index contributed by atoms with van der Waals surface area (Å²) in [6.07, 6.45) is 2.21. The molecule has 1 aromatic rings. The van der Waals surface area contributed by atoms with Crippen LogP contribution in [0.25, 0.3) is 0 Å². The van der Waals surface area contributed by atoms with Crippen molar-refractivity contribution in [1.82, 2.24) is 15.1 Å². The Labute approximate surface area is 72.8 Å². The van der Waals surface area contributed by atoms with Gasteiger partial charge in [0.25, 0.3) is 0 Å². The van der Waals surface area contributed by atoms with Crippen LogP contribution in [0.15, 0.2) is 0 Å². The molecule has 0 aliphatic carbocycles. The molecule has 2 rings (SSSR count). The Morgan fingerprint density at radius 2 is 2.08 bits per heavy atom. The highest BCUT2D eigenvalue weighted by Gasteiger charge is 2.14. The second-order valence-corrected chi connectivity index (χ2v) is 3.38. The van der Waals surface area contributed by atoms with E-state index in [1.165, 1.54) is 17.0 Å². The molecule has 1 aromatic heterocycles. The van der Waals surface area contributed by atoms with Crippen LogP contribution in [0.3, 0.4) is 0 Å². The summed E-state index contributed by atoms with van der Waals surface area (Å²) in [7, 11) is 2.03. The SMILES string of the molecule is Cc1c2c(nn1C)CCNCC2. The number of hydrogen-bond acceptors (Lipinski definition) is 2. The summed E-state index contributed by atoms with van der Waals surface area (Å²) in [4.78, 5) is 0. The standard InChI is InChI=1S/C9H15N3/c1-7-8-3-5-10-6-4-9(8)11-12(7)2/h10H,3-6H2,1-2H3. The first-order valence-corrected chi connectivity index (χ1v) is 4.51. The first kappa shape index (κ1) is 7.80. The van der Waals surface area contributed by atoms with Crippen molar-refractivity contribution in [2.24, 2.45) is 7.05 Å². The second kappa shape index (κ2) is 2.90. The van der Waals surface area contributed by atoms with E-state index in [1.807, 2.05) is 11.7 Å². The Morgan fingerprint density at radius 1 is 1.33 bits per heavy atom. The van der Waals surface area contributed by atoms with Gasteiger partial charge in [-0.05, 0) is 25.5 Å². The highest BCUT2D eigenvalue weighted by molar-refractivity contribution is 5.26. The molecule has 12 heavy (non-hydrogen) atoms. The lowest BCUT2D eigenvalue weighted by Crippen LogP contribution is -2.17. The molecule has 0 bridgehead atoms. The minimum Gasteiger partial charge on any atom is -0.316 e. The van der Waals surface area contributed by atoms with Crippen molar-refractivity contribution in [1.29, 1.82) is 0 Å². The Kier molecular flexibility index (Phi) is 1.89. The van der Waals surface area contributed by atoms with Gasteiger partial charge in [-0.15, -0.1) is 0 Å². The third-order valence-electron chi connectivity index (χ3n) is 2.63. The molecule has 0 unspecified atom stereocenters. The average Bonchev–Trinajstić information content (AvgIpc) is 2.30. The van der Waals surface area contributed by atoms with Gasteiger partial charge in [-0.2, -0.15) is 5.10 Å². The van der Waals surface area contributed by atoms with Crippen molar-refractivity contribution in [2.45, 2.75) is 19.8 Å². The molecule has 0 aromatic carbocycles. The maximum Gasteiger partial charge on any atom is 0.0672 e.